The average Bonchev–Trinajstić information content (AvgIpc) is 0.986. The van der Waals surface area contributed by atoms with Gasteiger partial charge >= 0.3 is 0 Å². The molecule has 12 rings (SSSR count). The Morgan fingerprint density at radius 2 is 0.710 bits per heavy atom. The average molecular weight is 2680 g/mol. The number of ketones is 4. The summed E-state index contributed by atoms with van der Waals surface area (Å²) in [6.07, 6.45) is 12.6. The van der Waals surface area contributed by atoms with E-state index in [0.29, 0.717) is 11.8 Å². The minimum atomic E-state index is -0.417. The van der Waals surface area contributed by atoms with E-state index in [0.717, 1.165) is 141 Å². The Bertz CT molecular complexity index is 6120. The zero-order valence-corrected chi connectivity index (χ0v) is 104. The molecule has 0 amide bonds. The number of fused-ring (bicyclic) bond motifs is 4. The maximum absolute atomic E-state index is 11.5. The molecule has 145 heavy (non-hydrogen) atoms. The van der Waals surface area contributed by atoms with Crippen LogP contribution in [0.2, 0.25) is 0 Å². The van der Waals surface area contributed by atoms with Crippen molar-refractivity contribution < 1.29 is 139 Å². The number of aliphatic imine (C=N–C) groups is 1. The normalized spacial score (nSPS) is 13.5. The zero-order valence-electron chi connectivity index (χ0n) is 94.6. The Hall–Kier alpha value is -9.70. The first kappa shape index (κ1) is 133. The van der Waals surface area contributed by atoms with Gasteiger partial charge in [0.05, 0.1) is 50.7 Å². The van der Waals surface area contributed by atoms with Crippen molar-refractivity contribution in [3.8, 4) is 51.0 Å². The minimum Gasteiger partial charge on any atom is -0.512 e. The van der Waals surface area contributed by atoms with Crippen molar-refractivity contribution in [3.05, 3.63) is 295 Å². The molecule has 0 saturated carbocycles. The van der Waals surface area contributed by atoms with E-state index in [4.69, 9.17) is 38.9 Å². The van der Waals surface area contributed by atoms with Gasteiger partial charge in [-0.3, -0.25) is 34.1 Å². The van der Waals surface area contributed by atoms with Gasteiger partial charge < -0.3 is 44.4 Å². The Kier molecular flexibility index (Phi) is 51.1. The van der Waals surface area contributed by atoms with Crippen LogP contribution < -0.4 is 14.2 Å². The van der Waals surface area contributed by atoms with Gasteiger partial charge in [0.1, 0.15) is 40.3 Å². The van der Waals surface area contributed by atoms with E-state index in [9.17, 15) is 39.6 Å². The van der Waals surface area contributed by atoms with Crippen molar-refractivity contribution in [2.24, 2.45) is 54.2 Å². The van der Waals surface area contributed by atoms with Crippen LogP contribution in [0.3, 0.4) is 0 Å². The third-order valence-electron chi connectivity index (χ3n) is 22.9. The number of hydrogen-bond acceptors (Lipinski definition) is 16. The molecule has 4 heterocycles. The van der Waals surface area contributed by atoms with Crippen LogP contribution in [0.1, 0.15) is 287 Å². The second-order valence-electron chi connectivity index (χ2n) is 46.7. The van der Waals surface area contributed by atoms with Crippen molar-refractivity contribution in [2.45, 2.75) is 288 Å². The van der Waals surface area contributed by atoms with Crippen molar-refractivity contribution in [1.29, 1.82) is 0 Å². The Labute approximate surface area is 924 Å². The molecule has 0 spiro atoms. The summed E-state index contributed by atoms with van der Waals surface area (Å²) in [7, 11) is 6.80. The second-order valence-corrected chi connectivity index (χ2v) is 46.7. The number of benzene rings is 7. The van der Waals surface area contributed by atoms with Crippen LogP contribution in [0.5, 0.6) is 17.2 Å². The summed E-state index contributed by atoms with van der Waals surface area (Å²) in [5.41, 5.74) is 23.6. The van der Waals surface area contributed by atoms with Crippen LogP contribution in [0.25, 0.3) is 66.5 Å². The van der Waals surface area contributed by atoms with Crippen molar-refractivity contribution in [3.63, 3.8) is 0 Å². The zero-order chi connectivity index (χ0) is 107. The number of rotatable bonds is 13. The van der Waals surface area contributed by atoms with Gasteiger partial charge in [0.2, 0.25) is 0 Å². The molecule has 0 saturated heterocycles. The van der Waals surface area contributed by atoms with E-state index < -0.39 is 21.7 Å². The van der Waals surface area contributed by atoms with Crippen LogP contribution in [0.15, 0.2) is 209 Å². The fourth-order valence-corrected chi connectivity index (χ4v) is 14.0. The van der Waals surface area contributed by atoms with Gasteiger partial charge in [-0.1, -0.05) is 303 Å². The third kappa shape index (κ3) is 42.1. The molecule has 2 aliphatic rings. The first-order valence-electron chi connectivity index (χ1n) is 48.6. The molecule has 20 heteroatoms. The first-order chi connectivity index (χ1) is 64.6. The van der Waals surface area contributed by atoms with Crippen LogP contribution in [0.4, 0.5) is 0 Å². The molecule has 3 aromatic heterocycles. The number of methoxy groups -OCH3 is 4. The van der Waals surface area contributed by atoms with Gasteiger partial charge in [0, 0.05) is 182 Å². The van der Waals surface area contributed by atoms with E-state index >= 15 is 0 Å². The summed E-state index contributed by atoms with van der Waals surface area (Å²) < 4.78 is 21.5. The van der Waals surface area contributed by atoms with Crippen LogP contribution in [0, 0.1) is 136 Å². The summed E-state index contributed by atoms with van der Waals surface area (Å²) in [5, 5.41) is 41.5. The maximum atomic E-state index is 11.5. The fraction of sp³-hybridized carbons (Fsp3) is 0.440. The van der Waals surface area contributed by atoms with Gasteiger partial charge in [0.25, 0.3) is 0 Å². The second kappa shape index (κ2) is 55.5. The van der Waals surface area contributed by atoms with Gasteiger partial charge in [-0.15, -0.1) is 140 Å². The summed E-state index contributed by atoms with van der Waals surface area (Å²) in [4.78, 5) is 65.5. The summed E-state index contributed by atoms with van der Waals surface area (Å²) in [5.74, 6) is 4.74. The topological polar surface area (TPSA) is 237 Å². The molecule has 0 fully saturated rings. The summed E-state index contributed by atoms with van der Waals surface area (Å²) in [6, 6.07) is 55.6. The first-order valence-corrected chi connectivity index (χ1v) is 48.6. The molecule has 10 aromatic rings. The Morgan fingerprint density at radius 1 is 0.366 bits per heavy atom. The molecule has 7 aromatic carbocycles. The van der Waals surface area contributed by atoms with Crippen LogP contribution in [-0.4, -0.2) is 92.7 Å². The molecular formula is C125H164Ir4N4O12-4. The van der Waals surface area contributed by atoms with Gasteiger partial charge in [0.15, 0.2) is 23.1 Å². The van der Waals surface area contributed by atoms with E-state index in [-0.39, 0.29) is 154 Å². The molecule has 1 aliphatic carbocycles. The molecule has 16 nitrogen and oxygen atoms in total. The third-order valence-corrected chi connectivity index (χ3v) is 22.9. The monoisotopic (exact) mass is 2690 g/mol. The van der Waals surface area contributed by atoms with Crippen LogP contribution in [-0.2, 0) is 110 Å². The summed E-state index contributed by atoms with van der Waals surface area (Å²) >= 11 is 0. The number of hydrogen-bond donors (Lipinski definition) is 4. The number of nitrogens with zero attached hydrogens (tertiary/aromatic N) is 4. The number of carbonyl (C=O) groups is 4. The van der Waals surface area contributed by atoms with Gasteiger partial charge in [-0.05, 0) is 114 Å². The summed E-state index contributed by atoms with van der Waals surface area (Å²) in [6.45, 7) is 76.5. The smallest absolute Gasteiger partial charge is 0.164 e. The molecule has 4 N–H and O–H groups in total. The number of pyridine rings is 3. The number of aromatic nitrogens is 3. The minimum absolute atomic E-state index is 0. The number of ether oxygens (including phenoxy) is 4. The number of aryl methyl sites for hydroxylation is 9. The number of allylic oxidation sites excluding steroid dienone is 13. The fourth-order valence-electron chi connectivity index (χ4n) is 14.0. The van der Waals surface area contributed by atoms with E-state index in [1.165, 1.54) is 63.3 Å². The maximum Gasteiger partial charge on any atom is 0.164 e. The standard InChI is InChI=1S/C22H24NO.C21H22NO.C19H20NO.C19H18NO.4C11H20O2.4Ir/c1-14-9-15(2)11-17(10-14)21-19(22(3,4)5)13-16-12-18(24-6)7-8-20(16)23-21;1-13(2)19-12-16-11-18(23-5)6-7-20(16)22-21(19)17-9-14(3)8-15(4)10-17;1-12-7-13(2)9-16(8-12)19-14(3)10-15-11-17(21-4)5-6-18(15)20-19;1-12-7-13(2)9-15(8-12)17-6-5-16-18(20-17)10-14(3)11-19(16)21-4;4*1-10(2,3)8(12)7-9(13)11(4,5)6;;;;/h7-10,12-13H,1-6H3;6-9,11-13H,1-5H3;5-8,10,15H,11H2,1-4H3;5-8,10-11H,1-4H3;4*7,12H,1-6H3;;;;/q4*-1;;;;;;;;. The number of dihydropyridines is 1. The predicted octanol–water partition coefficient (Wildman–Crippen LogP) is 32.3. The van der Waals surface area contributed by atoms with Crippen molar-refractivity contribution in [2.75, 3.05) is 28.4 Å². The van der Waals surface area contributed by atoms with E-state index in [2.05, 4.69) is 213 Å². The van der Waals surface area contributed by atoms with Crippen molar-refractivity contribution >= 4 is 61.6 Å². The van der Waals surface area contributed by atoms with E-state index in [1.807, 2.05) is 221 Å². The number of carbonyl (C=O) groups excluding carboxylic acids is 4. The van der Waals surface area contributed by atoms with Crippen molar-refractivity contribution in [1.82, 2.24) is 15.0 Å². The molecule has 1 aliphatic heterocycles. The molecule has 1 atom stereocenters. The molecule has 1 unspecified atom stereocenters. The Balaban J connectivity index is 0.000000837. The molecular weight excluding hydrogens is 2520 g/mol. The number of aliphatic hydroxyl groups excluding tert-OH is 4. The van der Waals surface area contributed by atoms with E-state index in [1.54, 1.807) is 28.4 Å². The Morgan fingerprint density at radius 3 is 1.06 bits per heavy atom. The predicted molar refractivity (Wildman–Crippen MR) is 588 cm³/mol. The van der Waals surface area contributed by atoms with Crippen LogP contribution >= 0.6 is 0 Å². The molecule has 0 bridgehead atoms. The number of aliphatic hydroxyl groups is 4. The van der Waals surface area contributed by atoms with Gasteiger partial charge in [-0.2, -0.15) is 0 Å². The van der Waals surface area contributed by atoms with Gasteiger partial charge in [-0.25, -0.2) is 0 Å². The molecule has 796 valence electrons. The largest absolute Gasteiger partial charge is 0.512 e. The quantitative estimate of drug-likeness (QED) is 0.0477. The SMILES string of the molecule is CC(C)(C)C(=O)C=C(O)C(C)(C)C.CC(C)(C)C(=O)C=C(O)C(C)(C)C.CC(C)(C)C(=O)C=C(O)C(C)(C)C.CC(C)(C)C(=O)C=C(O)C(C)(C)C.COC1=CC=C2N=C(c3[c-]c(C)cc(C)c3)C(C)=CC2C1.COc1cc(C)cc2nc(-c3[c-]c(C)cc(C)c3)ccc12.COc1ccc2nc(-c3[c-]c(C)cc(C)c3)c(C(C)(C)C)cc2c1.COc1ccc2nc(-c3[c-]c(C)cc(C)c3)c(C(C)C)cc2c1.[Ir].[Ir].[Ir].[Ir]. The molecule has 4 radical (unpaired) electrons.